The van der Waals surface area contributed by atoms with Crippen LogP contribution >= 0.6 is 0 Å². The fourth-order valence-corrected chi connectivity index (χ4v) is 5.93. The zero-order valence-electron chi connectivity index (χ0n) is 22.5. The standard InChI is InChI=1S/C30H28N8O3/c1-3-29(39)38-20-5-6-21(38)12-23(11-20)41-28-14-24-25(15-31-28)32-16-34-30(24)36-19-4-7-26(18(2)10-19)40-22-8-9-37-27(13-22)33-17-35-37/h3-4,7-10,13-17,20-21,23H,1,5-6,11-12H2,2H3,(H,32,34,36). The quantitative estimate of drug-likeness (QED) is 0.280. The molecule has 1 amide bonds. The molecule has 0 spiro atoms. The smallest absolute Gasteiger partial charge is 0.246 e. The summed E-state index contributed by atoms with van der Waals surface area (Å²) in [6, 6.07) is 11.8. The second kappa shape index (κ2) is 10.2. The van der Waals surface area contributed by atoms with E-state index in [4.69, 9.17) is 9.47 Å². The van der Waals surface area contributed by atoms with Crippen molar-refractivity contribution in [1.82, 2.24) is 34.4 Å². The number of hydrogen-bond donors (Lipinski definition) is 1. The first-order chi connectivity index (χ1) is 20.0. The maximum Gasteiger partial charge on any atom is 0.246 e. The summed E-state index contributed by atoms with van der Waals surface area (Å²) in [4.78, 5) is 31.9. The van der Waals surface area contributed by atoms with Crippen molar-refractivity contribution in [2.45, 2.75) is 50.8 Å². The molecule has 1 N–H and O–H groups in total. The summed E-state index contributed by atoms with van der Waals surface area (Å²) < 4.78 is 14.1. The molecule has 5 aromatic rings. The molecule has 11 nitrogen and oxygen atoms in total. The topological polar surface area (TPSA) is 120 Å². The molecular formula is C30H28N8O3. The number of pyridine rings is 2. The maximum atomic E-state index is 12.3. The molecule has 4 aromatic heterocycles. The molecule has 2 unspecified atom stereocenters. The Labute approximate surface area is 235 Å². The number of nitrogens with one attached hydrogen (secondary N) is 1. The van der Waals surface area contributed by atoms with Crippen molar-refractivity contribution in [2.75, 3.05) is 5.32 Å². The average Bonchev–Trinajstić information content (AvgIpc) is 3.55. The largest absolute Gasteiger partial charge is 0.474 e. The molecule has 41 heavy (non-hydrogen) atoms. The Kier molecular flexibility index (Phi) is 6.18. The van der Waals surface area contributed by atoms with Crippen LogP contribution in [0.1, 0.15) is 31.2 Å². The van der Waals surface area contributed by atoms with Gasteiger partial charge in [-0.15, -0.1) is 0 Å². The van der Waals surface area contributed by atoms with E-state index in [-0.39, 0.29) is 24.1 Å². The first-order valence-electron chi connectivity index (χ1n) is 13.6. The Morgan fingerprint density at radius 2 is 1.90 bits per heavy atom. The third-order valence-corrected chi connectivity index (χ3v) is 7.82. The van der Waals surface area contributed by atoms with E-state index in [9.17, 15) is 4.79 Å². The Morgan fingerprint density at radius 3 is 2.71 bits per heavy atom. The molecule has 0 radical (unpaired) electrons. The Bertz CT molecular complexity index is 1770. The second-order valence-electron chi connectivity index (χ2n) is 10.4. The highest BCUT2D eigenvalue weighted by Crippen LogP contribution is 2.38. The van der Waals surface area contributed by atoms with E-state index in [0.717, 1.165) is 48.1 Å². The zero-order valence-corrected chi connectivity index (χ0v) is 22.5. The van der Waals surface area contributed by atoms with Crippen LogP contribution in [0.25, 0.3) is 16.6 Å². The van der Waals surface area contributed by atoms with Gasteiger partial charge in [-0.25, -0.2) is 24.5 Å². The number of fused-ring (bicyclic) bond motifs is 4. The first kappa shape index (κ1) is 24.9. The van der Waals surface area contributed by atoms with Crippen LogP contribution in [0.2, 0.25) is 0 Å². The van der Waals surface area contributed by atoms with Crippen LogP contribution < -0.4 is 14.8 Å². The minimum atomic E-state index is -0.00647. The number of carbonyl (C=O) groups excluding carboxylic acids is 1. The van der Waals surface area contributed by atoms with Gasteiger partial charge in [-0.1, -0.05) is 6.58 Å². The molecule has 2 bridgehead atoms. The zero-order chi connectivity index (χ0) is 27.9. The molecule has 0 saturated carbocycles. The van der Waals surface area contributed by atoms with E-state index >= 15 is 0 Å². The number of aryl methyl sites for hydroxylation is 1. The summed E-state index contributed by atoms with van der Waals surface area (Å²) in [5.74, 6) is 2.60. The summed E-state index contributed by atoms with van der Waals surface area (Å²) in [5, 5.41) is 8.33. The van der Waals surface area contributed by atoms with Gasteiger partial charge in [0.05, 0.1) is 11.7 Å². The lowest BCUT2D eigenvalue weighted by Gasteiger charge is -2.38. The van der Waals surface area contributed by atoms with E-state index < -0.39 is 0 Å². The predicted octanol–water partition coefficient (Wildman–Crippen LogP) is 5.00. The Balaban J connectivity index is 1.08. The number of nitrogens with zero attached hydrogens (tertiary/aromatic N) is 7. The molecule has 1 aromatic carbocycles. The van der Waals surface area contributed by atoms with Gasteiger partial charge in [0.25, 0.3) is 0 Å². The van der Waals surface area contributed by atoms with Crippen LogP contribution in [0.3, 0.4) is 0 Å². The molecule has 2 fully saturated rings. The fourth-order valence-electron chi connectivity index (χ4n) is 5.93. The molecular weight excluding hydrogens is 520 g/mol. The predicted molar refractivity (Wildman–Crippen MR) is 152 cm³/mol. The maximum absolute atomic E-state index is 12.3. The van der Waals surface area contributed by atoms with Gasteiger partial charge < -0.3 is 19.7 Å². The molecule has 2 atom stereocenters. The monoisotopic (exact) mass is 548 g/mol. The van der Waals surface area contributed by atoms with Crippen molar-refractivity contribution in [3.05, 3.63) is 79.7 Å². The summed E-state index contributed by atoms with van der Waals surface area (Å²) in [5.41, 5.74) is 3.24. The van der Waals surface area contributed by atoms with Crippen molar-refractivity contribution < 1.29 is 14.3 Å². The lowest BCUT2D eigenvalue weighted by Crippen LogP contribution is -2.48. The normalized spacial score (nSPS) is 19.8. The number of benzene rings is 1. The van der Waals surface area contributed by atoms with Gasteiger partial charge >= 0.3 is 0 Å². The number of rotatable bonds is 7. The lowest BCUT2D eigenvalue weighted by molar-refractivity contribution is -0.131. The Hall–Kier alpha value is -5.06. The lowest BCUT2D eigenvalue weighted by atomic mass is 9.99. The van der Waals surface area contributed by atoms with Crippen molar-refractivity contribution in [1.29, 1.82) is 0 Å². The van der Waals surface area contributed by atoms with Crippen LogP contribution in [-0.2, 0) is 4.79 Å². The third kappa shape index (κ3) is 4.79. The molecule has 2 aliphatic rings. The number of carbonyl (C=O) groups is 1. The van der Waals surface area contributed by atoms with E-state index in [1.807, 2.05) is 54.4 Å². The van der Waals surface area contributed by atoms with Crippen molar-refractivity contribution in [3.8, 4) is 17.4 Å². The van der Waals surface area contributed by atoms with Crippen LogP contribution in [-0.4, -0.2) is 58.5 Å². The number of ether oxygens (including phenoxy) is 2. The van der Waals surface area contributed by atoms with Gasteiger partial charge in [-0.3, -0.25) is 4.79 Å². The van der Waals surface area contributed by atoms with Crippen molar-refractivity contribution in [3.63, 3.8) is 0 Å². The highest BCUT2D eigenvalue weighted by molar-refractivity contribution is 5.91. The molecule has 206 valence electrons. The van der Waals surface area contributed by atoms with Crippen molar-refractivity contribution in [2.24, 2.45) is 0 Å². The number of piperidine rings is 1. The van der Waals surface area contributed by atoms with Crippen molar-refractivity contribution >= 4 is 34.0 Å². The first-order valence-corrected chi connectivity index (χ1v) is 13.6. The molecule has 7 rings (SSSR count). The van der Waals surface area contributed by atoms with Crippen LogP contribution in [0.4, 0.5) is 11.5 Å². The fraction of sp³-hybridized carbons (Fsp3) is 0.267. The van der Waals surface area contributed by atoms with Gasteiger partial charge in [-0.05, 0) is 55.7 Å². The minimum Gasteiger partial charge on any atom is -0.474 e. The van der Waals surface area contributed by atoms with Crippen LogP contribution in [0, 0.1) is 6.92 Å². The van der Waals surface area contributed by atoms with E-state index in [0.29, 0.717) is 28.6 Å². The van der Waals surface area contributed by atoms with E-state index in [2.05, 4.69) is 36.9 Å². The number of amides is 1. The minimum absolute atomic E-state index is 0.00647. The summed E-state index contributed by atoms with van der Waals surface area (Å²) in [6.07, 6.45) is 11.5. The summed E-state index contributed by atoms with van der Waals surface area (Å²) in [7, 11) is 0. The molecule has 6 heterocycles. The van der Waals surface area contributed by atoms with E-state index in [1.165, 1.54) is 18.7 Å². The van der Waals surface area contributed by atoms with Gasteiger partial charge in [0, 0.05) is 54.3 Å². The van der Waals surface area contributed by atoms with E-state index in [1.54, 1.807) is 10.7 Å². The Morgan fingerprint density at radius 1 is 1.05 bits per heavy atom. The summed E-state index contributed by atoms with van der Waals surface area (Å²) in [6.45, 7) is 5.65. The van der Waals surface area contributed by atoms with Gasteiger partial charge in [0.2, 0.25) is 11.8 Å². The van der Waals surface area contributed by atoms with Crippen LogP contribution in [0.15, 0.2) is 74.1 Å². The SMILES string of the molecule is C=CC(=O)N1C2CCC1CC(Oc1cc3c(Nc4ccc(Oc5ccn6ncnc6c5)c(C)c4)ncnc3cn1)C2. The third-order valence-electron chi connectivity index (χ3n) is 7.82. The molecule has 2 saturated heterocycles. The highest BCUT2D eigenvalue weighted by atomic mass is 16.5. The molecule has 11 heteroatoms. The molecule has 2 aliphatic heterocycles. The highest BCUT2D eigenvalue weighted by Gasteiger charge is 2.43. The number of hydrogen-bond acceptors (Lipinski definition) is 9. The van der Waals surface area contributed by atoms with Crippen LogP contribution in [0.5, 0.6) is 17.4 Å². The number of aromatic nitrogens is 6. The van der Waals surface area contributed by atoms with Gasteiger partial charge in [0.1, 0.15) is 36.1 Å². The number of anilines is 2. The summed E-state index contributed by atoms with van der Waals surface area (Å²) >= 11 is 0. The average molecular weight is 549 g/mol. The van der Waals surface area contributed by atoms with Gasteiger partial charge in [-0.2, -0.15) is 5.10 Å². The molecule has 0 aliphatic carbocycles. The second-order valence-corrected chi connectivity index (χ2v) is 10.4. The van der Waals surface area contributed by atoms with Gasteiger partial charge in [0.15, 0.2) is 5.65 Å².